The molecule has 0 atom stereocenters. The van der Waals surface area contributed by atoms with E-state index in [0.29, 0.717) is 17.1 Å². The highest BCUT2D eigenvalue weighted by Crippen LogP contribution is 2.24. The first kappa shape index (κ1) is 18.7. The Bertz CT molecular complexity index is 1090. The number of carboxylic acids is 1. The number of aryl methyl sites for hydroxylation is 2. The molecule has 0 unspecified atom stereocenters. The molecule has 7 heteroatoms. The van der Waals surface area contributed by atoms with Crippen LogP contribution in [0.4, 0.5) is 0 Å². The van der Waals surface area contributed by atoms with E-state index in [2.05, 4.69) is 5.43 Å². The molecule has 0 aliphatic rings. The van der Waals surface area contributed by atoms with E-state index < -0.39 is 11.9 Å². The summed E-state index contributed by atoms with van der Waals surface area (Å²) >= 11 is 0. The van der Waals surface area contributed by atoms with Gasteiger partial charge in [-0.3, -0.25) is 14.9 Å². The second-order valence-corrected chi connectivity index (χ2v) is 6.15. The van der Waals surface area contributed by atoms with E-state index in [4.69, 9.17) is 9.52 Å². The number of carbonyl (C=O) groups is 2. The average Bonchev–Trinajstić information content (AvgIpc) is 3.28. The summed E-state index contributed by atoms with van der Waals surface area (Å²) in [7, 11) is 0. The second-order valence-electron chi connectivity index (χ2n) is 6.15. The van der Waals surface area contributed by atoms with E-state index in [1.54, 1.807) is 28.9 Å². The summed E-state index contributed by atoms with van der Waals surface area (Å²) < 4.78 is 7.28. The summed E-state index contributed by atoms with van der Waals surface area (Å²) in [6.07, 6.45) is 1.36. The Labute approximate surface area is 161 Å². The summed E-state index contributed by atoms with van der Waals surface area (Å²) in [6, 6.07) is 15.1. The molecule has 1 amide bonds. The van der Waals surface area contributed by atoms with Gasteiger partial charge in [-0.2, -0.15) is 5.26 Å². The van der Waals surface area contributed by atoms with Crippen molar-refractivity contribution in [3.63, 3.8) is 0 Å². The monoisotopic (exact) mass is 375 g/mol. The number of amides is 1. The zero-order valence-corrected chi connectivity index (χ0v) is 15.3. The van der Waals surface area contributed by atoms with Gasteiger partial charge in [0.2, 0.25) is 0 Å². The van der Waals surface area contributed by atoms with Gasteiger partial charge >= 0.3 is 5.97 Å². The smallest absolute Gasteiger partial charge is 0.335 e. The fourth-order valence-electron chi connectivity index (χ4n) is 2.66. The Morgan fingerprint density at radius 3 is 2.29 bits per heavy atom. The van der Waals surface area contributed by atoms with Crippen LogP contribution in [0.5, 0.6) is 0 Å². The Hall–Kier alpha value is -4.05. The van der Waals surface area contributed by atoms with E-state index in [1.807, 2.05) is 32.0 Å². The molecule has 1 aromatic carbocycles. The quantitative estimate of drug-likeness (QED) is 0.522. The minimum Gasteiger partial charge on any atom is -0.478 e. The number of furan rings is 1. The molecule has 0 aliphatic carbocycles. The van der Waals surface area contributed by atoms with Crippen molar-refractivity contribution in [2.75, 3.05) is 5.43 Å². The predicted molar refractivity (Wildman–Crippen MR) is 103 cm³/mol. The van der Waals surface area contributed by atoms with Crippen LogP contribution < -0.4 is 5.43 Å². The number of hydrogen-bond donors (Lipinski definition) is 2. The Morgan fingerprint density at radius 1 is 1.07 bits per heavy atom. The van der Waals surface area contributed by atoms with E-state index in [-0.39, 0.29) is 11.1 Å². The second kappa shape index (κ2) is 7.68. The third-order valence-corrected chi connectivity index (χ3v) is 4.18. The van der Waals surface area contributed by atoms with Gasteiger partial charge in [-0.1, -0.05) is 12.1 Å². The average molecular weight is 375 g/mol. The van der Waals surface area contributed by atoms with Gasteiger partial charge in [0.25, 0.3) is 5.91 Å². The molecule has 3 aromatic rings. The number of rotatable bonds is 5. The molecule has 3 rings (SSSR count). The van der Waals surface area contributed by atoms with Crippen molar-refractivity contribution >= 4 is 18.0 Å². The molecule has 0 fully saturated rings. The molecule has 140 valence electrons. The molecule has 0 bridgehead atoms. The first-order chi connectivity index (χ1) is 13.4. The maximum Gasteiger partial charge on any atom is 0.335 e. The van der Waals surface area contributed by atoms with Gasteiger partial charge < -0.3 is 9.52 Å². The van der Waals surface area contributed by atoms with Crippen LogP contribution in [0.1, 0.15) is 27.5 Å². The lowest BCUT2D eigenvalue weighted by Crippen LogP contribution is -2.25. The minimum atomic E-state index is -1.01. The van der Waals surface area contributed by atoms with Gasteiger partial charge in [-0.05, 0) is 50.2 Å². The number of aromatic nitrogens is 1. The highest BCUT2D eigenvalue weighted by Gasteiger charge is 2.13. The zero-order valence-electron chi connectivity index (χ0n) is 15.3. The van der Waals surface area contributed by atoms with Gasteiger partial charge in [-0.15, -0.1) is 0 Å². The van der Waals surface area contributed by atoms with Crippen LogP contribution in [0.2, 0.25) is 0 Å². The molecule has 2 aromatic heterocycles. The molecule has 2 heterocycles. The number of nitrogens with one attached hydrogen (secondary N) is 1. The van der Waals surface area contributed by atoms with E-state index >= 15 is 0 Å². The highest BCUT2D eigenvalue weighted by molar-refractivity contribution is 6.06. The number of hydrogen-bond acceptors (Lipinski definition) is 4. The van der Waals surface area contributed by atoms with Gasteiger partial charge in [-0.25, -0.2) is 4.79 Å². The van der Waals surface area contributed by atoms with Crippen molar-refractivity contribution in [2.24, 2.45) is 0 Å². The number of aromatic carboxylic acids is 1. The van der Waals surface area contributed by atoms with Crippen molar-refractivity contribution < 1.29 is 19.1 Å². The normalized spacial score (nSPS) is 11.1. The van der Waals surface area contributed by atoms with Crippen molar-refractivity contribution in [1.82, 2.24) is 4.68 Å². The third-order valence-electron chi connectivity index (χ3n) is 4.18. The predicted octanol–water partition coefficient (Wildman–Crippen LogP) is 3.74. The minimum absolute atomic E-state index is 0.102. The molecule has 0 saturated heterocycles. The standard InChI is InChI=1S/C21H17N3O4/c1-13-3-4-14(2)24(13)23-20(25)17(12-22)11-18-9-10-19(28-18)15-5-7-16(8-6-15)21(26)27/h3-11H,1-2H3,(H,23,25)(H,26,27)/b17-11-. The summed E-state index contributed by atoms with van der Waals surface area (Å²) in [6.45, 7) is 3.69. The van der Waals surface area contributed by atoms with Crippen LogP contribution in [0, 0.1) is 25.2 Å². The molecule has 2 N–H and O–H groups in total. The molecule has 0 spiro atoms. The molecule has 0 aliphatic heterocycles. The summed E-state index contributed by atoms with van der Waals surface area (Å²) in [4.78, 5) is 23.3. The highest BCUT2D eigenvalue weighted by atomic mass is 16.4. The lowest BCUT2D eigenvalue weighted by molar-refractivity contribution is -0.113. The van der Waals surface area contributed by atoms with Gasteiger partial charge in [0.05, 0.1) is 5.56 Å². The summed E-state index contributed by atoms with van der Waals surface area (Å²) in [5.41, 5.74) is 5.12. The van der Waals surface area contributed by atoms with Crippen LogP contribution in [0.25, 0.3) is 17.4 Å². The van der Waals surface area contributed by atoms with Crippen LogP contribution in [0.15, 0.2) is 58.5 Å². The molecular formula is C21H17N3O4. The topological polar surface area (TPSA) is 108 Å². The van der Waals surface area contributed by atoms with Gasteiger partial charge in [0.15, 0.2) is 0 Å². The van der Waals surface area contributed by atoms with Crippen molar-refractivity contribution in [1.29, 1.82) is 5.26 Å². The first-order valence-corrected chi connectivity index (χ1v) is 8.40. The molecule has 28 heavy (non-hydrogen) atoms. The molecule has 7 nitrogen and oxygen atoms in total. The van der Waals surface area contributed by atoms with E-state index in [1.165, 1.54) is 18.2 Å². The Morgan fingerprint density at radius 2 is 1.71 bits per heavy atom. The number of carbonyl (C=O) groups excluding carboxylic acids is 1. The van der Waals surface area contributed by atoms with Crippen molar-refractivity contribution in [3.05, 3.63) is 76.8 Å². The number of nitrogens with zero attached hydrogens (tertiary/aromatic N) is 2. The fraction of sp³-hybridized carbons (Fsp3) is 0.0952. The lowest BCUT2D eigenvalue weighted by atomic mass is 10.1. The number of benzene rings is 1. The Balaban J connectivity index is 1.81. The van der Waals surface area contributed by atoms with E-state index in [0.717, 1.165) is 11.4 Å². The van der Waals surface area contributed by atoms with Crippen molar-refractivity contribution in [3.8, 4) is 17.4 Å². The lowest BCUT2D eigenvalue weighted by Gasteiger charge is -2.10. The molecule has 0 radical (unpaired) electrons. The fourth-order valence-corrected chi connectivity index (χ4v) is 2.66. The zero-order chi connectivity index (χ0) is 20.3. The Kier molecular flexibility index (Phi) is 5.14. The maximum absolute atomic E-state index is 12.4. The largest absolute Gasteiger partial charge is 0.478 e. The van der Waals surface area contributed by atoms with Crippen LogP contribution in [-0.4, -0.2) is 21.7 Å². The third kappa shape index (κ3) is 3.86. The van der Waals surface area contributed by atoms with Crippen LogP contribution in [-0.2, 0) is 4.79 Å². The van der Waals surface area contributed by atoms with E-state index in [9.17, 15) is 14.9 Å². The summed E-state index contributed by atoms with van der Waals surface area (Å²) in [5, 5.41) is 18.3. The van der Waals surface area contributed by atoms with Crippen molar-refractivity contribution in [2.45, 2.75) is 13.8 Å². The first-order valence-electron chi connectivity index (χ1n) is 8.40. The number of carboxylic acid groups (broad SMARTS) is 1. The van der Waals surface area contributed by atoms with Gasteiger partial charge in [0, 0.05) is 23.0 Å². The van der Waals surface area contributed by atoms with Gasteiger partial charge in [0.1, 0.15) is 23.2 Å². The SMILES string of the molecule is Cc1ccc(C)n1NC(=O)/C(C#N)=C\c1ccc(-c2ccc(C(=O)O)cc2)o1. The molecular weight excluding hydrogens is 358 g/mol. The van der Waals surface area contributed by atoms with Crippen LogP contribution in [0.3, 0.4) is 0 Å². The number of nitriles is 1. The summed E-state index contributed by atoms with van der Waals surface area (Å²) in [5.74, 6) is -0.718. The maximum atomic E-state index is 12.4. The molecule has 0 saturated carbocycles. The van der Waals surface area contributed by atoms with Crippen LogP contribution >= 0.6 is 0 Å².